The molecule has 26 heavy (non-hydrogen) atoms. The van der Waals surface area contributed by atoms with Crippen molar-refractivity contribution in [3.63, 3.8) is 0 Å². The highest BCUT2D eigenvalue weighted by Crippen LogP contribution is 2.29. The van der Waals surface area contributed by atoms with Crippen molar-refractivity contribution in [3.8, 4) is 11.3 Å². The van der Waals surface area contributed by atoms with E-state index >= 15 is 0 Å². The Morgan fingerprint density at radius 3 is 2.62 bits per heavy atom. The number of anilines is 1. The van der Waals surface area contributed by atoms with Gasteiger partial charge in [0.1, 0.15) is 5.69 Å². The Hall–Kier alpha value is -2.73. The Balaban J connectivity index is 1.52. The summed E-state index contributed by atoms with van der Waals surface area (Å²) in [4.78, 5) is 14.1. The average molecular weight is 348 g/mol. The third-order valence-electron chi connectivity index (χ3n) is 5.13. The van der Waals surface area contributed by atoms with Crippen LogP contribution in [-0.2, 0) is 0 Å². The molecule has 0 bridgehead atoms. The van der Waals surface area contributed by atoms with Crippen LogP contribution in [0.3, 0.4) is 0 Å². The fraction of sp³-hybridized carbons (Fsp3) is 0.350. The lowest BCUT2D eigenvalue weighted by Gasteiger charge is -2.38. The Morgan fingerprint density at radius 1 is 1.08 bits per heavy atom. The lowest BCUT2D eigenvalue weighted by atomic mass is 10.1. The molecule has 2 aromatic heterocycles. The maximum atomic E-state index is 4.66. The van der Waals surface area contributed by atoms with Crippen LogP contribution >= 0.6 is 0 Å². The molecule has 134 valence electrons. The van der Waals surface area contributed by atoms with Crippen LogP contribution < -0.4 is 4.90 Å². The van der Waals surface area contributed by atoms with Crippen molar-refractivity contribution in [2.45, 2.75) is 19.9 Å². The molecule has 1 aromatic carbocycles. The number of H-pyrrole nitrogens is 1. The first-order valence-corrected chi connectivity index (χ1v) is 9.08. The third kappa shape index (κ3) is 3.32. The molecule has 0 radical (unpaired) electrons. The number of hydrogen-bond donors (Lipinski definition) is 1. The smallest absolute Gasteiger partial charge is 0.155 e. The van der Waals surface area contributed by atoms with Crippen LogP contribution in [0.25, 0.3) is 11.3 Å². The molecule has 6 nitrogen and oxygen atoms in total. The minimum Gasteiger partial charge on any atom is -0.352 e. The maximum Gasteiger partial charge on any atom is 0.155 e. The zero-order valence-corrected chi connectivity index (χ0v) is 15.3. The van der Waals surface area contributed by atoms with Gasteiger partial charge in [-0.25, -0.2) is 4.98 Å². The van der Waals surface area contributed by atoms with E-state index < -0.39 is 0 Å². The molecular formula is C20H24N6. The van der Waals surface area contributed by atoms with E-state index in [1.807, 2.05) is 12.4 Å². The summed E-state index contributed by atoms with van der Waals surface area (Å²) >= 11 is 0. The molecule has 1 fully saturated rings. The van der Waals surface area contributed by atoms with Gasteiger partial charge in [-0.2, -0.15) is 5.10 Å². The number of nitrogens with one attached hydrogen (secondary N) is 1. The van der Waals surface area contributed by atoms with E-state index in [0.717, 1.165) is 43.3 Å². The number of benzene rings is 1. The van der Waals surface area contributed by atoms with Gasteiger partial charge in [-0.05, 0) is 19.9 Å². The van der Waals surface area contributed by atoms with Crippen molar-refractivity contribution >= 4 is 5.82 Å². The lowest BCUT2D eigenvalue weighted by Crippen LogP contribution is -2.47. The molecule has 1 atom stereocenters. The number of aromatic nitrogens is 4. The Labute approximate surface area is 153 Å². The van der Waals surface area contributed by atoms with Crippen LogP contribution in [0.1, 0.15) is 24.1 Å². The summed E-state index contributed by atoms with van der Waals surface area (Å²) in [5.74, 6) is 0.980. The van der Waals surface area contributed by atoms with Crippen LogP contribution in [0.2, 0.25) is 0 Å². The fourth-order valence-electron chi connectivity index (χ4n) is 3.58. The topological polar surface area (TPSA) is 60.9 Å². The number of aryl methyl sites for hydroxylation is 1. The van der Waals surface area contributed by atoms with E-state index in [9.17, 15) is 0 Å². The first-order valence-electron chi connectivity index (χ1n) is 9.08. The van der Waals surface area contributed by atoms with Gasteiger partial charge >= 0.3 is 0 Å². The van der Waals surface area contributed by atoms with E-state index in [-0.39, 0.29) is 0 Å². The molecule has 0 amide bonds. The Bertz CT molecular complexity index is 852. The molecule has 3 aromatic rings. The molecule has 1 saturated heterocycles. The van der Waals surface area contributed by atoms with Crippen molar-refractivity contribution in [3.05, 3.63) is 60.2 Å². The van der Waals surface area contributed by atoms with Crippen LogP contribution in [0.4, 0.5) is 5.82 Å². The molecule has 1 N–H and O–H groups in total. The Kier molecular flexibility index (Phi) is 4.67. The van der Waals surface area contributed by atoms with Gasteiger partial charge < -0.3 is 4.90 Å². The largest absolute Gasteiger partial charge is 0.352 e. The summed E-state index contributed by atoms with van der Waals surface area (Å²) < 4.78 is 0. The highest BCUT2D eigenvalue weighted by Gasteiger charge is 2.25. The van der Waals surface area contributed by atoms with E-state index in [2.05, 4.69) is 68.1 Å². The molecule has 4 rings (SSSR count). The van der Waals surface area contributed by atoms with Gasteiger partial charge in [0.15, 0.2) is 5.82 Å². The van der Waals surface area contributed by atoms with E-state index in [1.165, 1.54) is 11.1 Å². The summed E-state index contributed by atoms with van der Waals surface area (Å²) in [6, 6.07) is 8.83. The number of nitrogens with zero attached hydrogens (tertiary/aromatic N) is 5. The molecule has 0 spiro atoms. The summed E-state index contributed by atoms with van der Waals surface area (Å²) in [5, 5.41) is 6.98. The summed E-state index contributed by atoms with van der Waals surface area (Å²) in [5.41, 5.74) is 4.56. The molecule has 6 heteroatoms. The van der Waals surface area contributed by atoms with Gasteiger partial charge in [0.25, 0.3) is 0 Å². The quantitative estimate of drug-likeness (QED) is 0.785. The normalized spacial score (nSPS) is 16.6. The summed E-state index contributed by atoms with van der Waals surface area (Å²) in [7, 11) is 0. The first-order chi connectivity index (χ1) is 12.7. The van der Waals surface area contributed by atoms with E-state index in [4.69, 9.17) is 0 Å². The zero-order chi connectivity index (χ0) is 17.9. The van der Waals surface area contributed by atoms with Gasteiger partial charge in [-0.1, -0.05) is 23.8 Å². The average Bonchev–Trinajstić information content (AvgIpc) is 3.22. The molecule has 0 saturated carbocycles. The Morgan fingerprint density at radius 2 is 1.88 bits per heavy atom. The predicted molar refractivity (Wildman–Crippen MR) is 103 cm³/mol. The molecule has 1 aliphatic heterocycles. The number of hydrogen-bond acceptors (Lipinski definition) is 5. The van der Waals surface area contributed by atoms with Crippen LogP contribution in [0, 0.1) is 6.92 Å². The number of piperazine rings is 1. The molecule has 3 heterocycles. The van der Waals surface area contributed by atoms with Crippen LogP contribution in [-0.4, -0.2) is 51.2 Å². The first kappa shape index (κ1) is 16.7. The fourth-order valence-corrected chi connectivity index (χ4v) is 3.58. The number of rotatable bonds is 4. The molecule has 1 unspecified atom stereocenters. The minimum absolute atomic E-state index is 0.369. The molecule has 1 aliphatic rings. The zero-order valence-electron chi connectivity index (χ0n) is 15.3. The van der Waals surface area contributed by atoms with Crippen LogP contribution in [0.5, 0.6) is 0 Å². The van der Waals surface area contributed by atoms with Gasteiger partial charge in [-0.3, -0.25) is 15.0 Å². The molecule has 0 aliphatic carbocycles. The minimum atomic E-state index is 0.369. The predicted octanol–water partition coefficient (Wildman–Crippen LogP) is 3.06. The van der Waals surface area contributed by atoms with E-state index in [0.29, 0.717) is 6.04 Å². The second-order valence-electron chi connectivity index (χ2n) is 6.83. The second-order valence-corrected chi connectivity index (χ2v) is 6.83. The maximum absolute atomic E-state index is 4.66. The standard InChI is InChI=1S/C20H24N6/c1-15-4-3-5-17(12-15)19-20(22-7-6-21-19)26-10-8-25(9-11-26)16(2)18-13-23-24-14-18/h3-7,12-14,16H,8-11H2,1-2H3,(H,23,24). The van der Waals surface area contributed by atoms with Crippen molar-refractivity contribution < 1.29 is 0 Å². The van der Waals surface area contributed by atoms with Crippen molar-refractivity contribution in [2.24, 2.45) is 0 Å². The molecular weight excluding hydrogens is 324 g/mol. The monoisotopic (exact) mass is 348 g/mol. The second kappa shape index (κ2) is 7.25. The van der Waals surface area contributed by atoms with E-state index in [1.54, 1.807) is 12.4 Å². The van der Waals surface area contributed by atoms with Gasteiger partial charge in [-0.15, -0.1) is 0 Å². The van der Waals surface area contributed by atoms with Crippen molar-refractivity contribution in [1.82, 2.24) is 25.1 Å². The highest BCUT2D eigenvalue weighted by atomic mass is 15.3. The van der Waals surface area contributed by atoms with Gasteiger partial charge in [0, 0.05) is 61.9 Å². The van der Waals surface area contributed by atoms with Crippen molar-refractivity contribution in [2.75, 3.05) is 31.1 Å². The third-order valence-corrected chi connectivity index (χ3v) is 5.13. The van der Waals surface area contributed by atoms with Crippen LogP contribution in [0.15, 0.2) is 49.1 Å². The van der Waals surface area contributed by atoms with Gasteiger partial charge in [0.2, 0.25) is 0 Å². The summed E-state index contributed by atoms with van der Waals surface area (Å²) in [6.45, 7) is 8.22. The number of aromatic amines is 1. The summed E-state index contributed by atoms with van der Waals surface area (Å²) in [6.07, 6.45) is 7.46. The highest BCUT2D eigenvalue weighted by molar-refractivity contribution is 5.72. The van der Waals surface area contributed by atoms with Gasteiger partial charge in [0.05, 0.1) is 6.20 Å². The SMILES string of the molecule is Cc1cccc(-c2nccnc2N2CCN(C(C)c3cn[nH]c3)CC2)c1. The lowest BCUT2D eigenvalue weighted by molar-refractivity contribution is 0.198. The van der Waals surface area contributed by atoms with Crippen molar-refractivity contribution in [1.29, 1.82) is 0 Å².